The van der Waals surface area contributed by atoms with E-state index in [4.69, 9.17) is 15.2 Å². The molecule has 0 amide bonds. The molecular formula is C32H42FN3O2. The van der Waals surface area contributed by atoms with Crippen LogP contribution in [0.5, 0.6) is 5.75 Å². The zero-order valence-electron chi connectivity index (χ0n) is 22.9. The Kier molecular flexibility index (Phi) is 10.5. The molecule has 1 heterocycles. The average molecular weight is 520 g/mol. The molecule has 0 bridgehead atoms. The molecule has 6 heteroatoms. The van der Waals surface area contributed by atoms with Crippen molar-refractivity contribution >= 4 is 17.5 Å². The smallest absolute Gasteiger partial charge is 0.137 e. The number of aliphatic imine (C=N–C) groups is 1. The van der Waals surface area contributed by atoms with Gasteiger partial charge in [-0.05, 0) is 110 Å². The monoisotopic (exact) mass is 519 g/mol. The summed E-state index contributed by atoms with van der Waals surface area (Å²) < 4.78 is 24.3. The quantitative estimate of drug-likeness (QED) is 0.211. The number of hydrogen-bond acceptors (Lipinski definition) is 5. The number of hydrogen-bond donors (Lipinski definition) is 1. The Hall–Kier alpha value is -2.96. The predicted molar refractivity (Wildman–Crippen MR) is 156 cm³/mol. The Balaban J connectivity index is 1.60. The summed E-state index contributed by atoms with van der Waals surface area (Å²) in [6.45, 7) is 7.47. The Morgan fingerprint density at radius 2 is 2.00 bits per heavy atom. The largest absolute Gasteiger partial charge is 0.489 e. The molecule has 204 valence electrons. The third kappa shape index (κ3) is 7.55. The van der Waals surface area contributed by atoms with Gasteiger partial charge < -0.3 is 15.2 Å². The molecule has 1 aliphatic carbocycles. The second-order valence-corrected chi connectivity index (χ2v) is 10.1. The van der Waals surface area contributed by atoms with Gasteiger partial charge in [0.2, 0.25) is 0 Å². The van der Waals surface area contributed by atoms with Gasteiger partial charge in [-0.15, -0.1) is 0 Å². The number of allylic oxidation sites excluding steroid dienone is 4. The lowest BCUT2D eigenvalue weighted by Crippen LogP contribution is -2.26. The van der Waals surface area contributed by atoms with Gasteiger partial charge in [0.25, 0.3) is 0 Å². The number of nitrogens with zero attached hydrogens (tertiary/aromatic N) is 2. The van der Waals surface area contributed by atoms with E-state index < -0.39 is 0 Å². The highest BCUT2D eigenvalue weighted by Gasteiger charge is 2.24. The van der Waals surface area contributed by atoms with Crippen molar-refractivity contribution in [1.82, 2.24) is 4.90 Å². The number of nitrogen functional groups attached to an aromatic ring is 1. The molecular weight excluding hydrogens is 477 g/mol. The van der Waals surface area contributed by atoms with Gasteiger partial charge >= 0.3 is 0 Å². The highest BCUT2D eigenvalue weighted by molar-refractivity contribution is 5.90. The zero-order valence-corrected chi connectivity index (χ0v) is 22.9. The van der Waals surface area contributed by atoms with Crippen LogP contribution < -0.4 is 10.5 Å². The number of aryl methyl sites for hydroxylation is 1. The van der Waals surface area contributed by atoms with E-state index in [1.807, 2.05) is 19.2 Å². The van der Waals surface area contributed by atoms with Gasteiger partial charge in [0.05, 0.1) is 6.67 Å². The lowest BCUT2D eigenvalue weighted by Gasteiger charge is -2.23. The fraction of sp³-hybridized carbons (Fsp3) is 0.469. The van der Waals surface area contributed by atoms with Gasteiger partial charge in [0.15, 0.2) is 0 Å². The van der Waals surface area contributed by atoms with E-state index in [1.54, 1.807) is 0 Å². The van der Waals surface area contributed by atoms with Gasteiger partial charge in [-0.2, -0.15) is 0 Å². The fourth-order valence-corrected chi connectivity index (χ4v) is 5.46. The predicted octanol–water partition coefficient (Wildman–Crippen LogP) is 6.43. The van der Waals surface area contributed by atoms with Crippen LogP contribution in [0.3, 0.4) is 0 Å². The molecule has 2 N–H and O–H groups in total. The van der Waals surface area contributed by atoms with Crippen molar-refractivity contribution in [3.8, 4) is 5.75 Å². The summed E-state index contributed by atoms with van der Waals surface area (Å²) >= 11 is 0. The highest BCUT2D eigenvalue weighted by Crippen LogP contribution is 2.35. The summed E-state index contributed by atoms with van der Waals surface area (Å²) in [7, 11) is 0. The maximum Gasteiger partial charge on any atom is 0.137 e. The van der Waals surface area contributed by atoms with Crippen LogP contribution in [0.25, 0.3) is 5.57 Å². The fourth-order valence-electron chi connectivity index (χ4n) is 5.46. The lowest BCUT2D eigenvalue weighted by atomic mass is 9.83. The van der Waals surface area contributed by atoms with E-state index in [9.17, 15) is 4.39 Å². The van der Waals surface area contributed by atoms with Crippen LogP contribution >= 0.6 is 0 Å². The highest BCUT2D eigenvalue weighted by atomic mass is 19.1. The molecule has 38 heavy (non-hydrogen) atoms. The van der Waals surface area contributed by atoms with Crippen LogP contribution in [0.1, 0.15) is 56.2 Å². The Bertz CT molecular complexity index is 1140. The van der Waals surface area contributed by atoms with Crippen LogP contribution in [-0.2, 0) is 17.6 Å². The molecule has 2 aliphatic rings. The number of halogens is 1. The van der Waals surface area contributed by atoms with Gasteiger partial charge in [0, 0.05) is 38.1 Å². The van der Waals surface area contributed by atoms with E-state index in [0.29, 0.717) is 19.8 Å². The number of rotatable bonds is 11. The third-order valence-corrected chi connectivity index (χ3v) is 7.44. The van der Waals surface area contributed by atoms with Crippen LogP contribution in [0, 0.1) is 0 Å². The molecule has 0 spiro atoms. The second kappa shape index (κ2) is 14.3. The third-order valence-electron chi connectivity index (χ3n) is 7.44. The second-order valence-electron chi connectivity index (χ2n) is 10.1. The molecule has 5 nitrogen and oxygen atoms in total. The van der Waals surface area contributed by atoms with Crippen molar-refractivity contribution in [3.05, 3.63) is 76.4 Å². The Morgan fingerprint density at radius 1 is 1.16 bits per heavy atom. The zero-order chi connectivity index (χ0) is 26.7. The van der Waals surface area contributed by atoms with Crippen LogP contribution in [-0.4, -0.2) is 56.9 Å². The Morgan fingerprint density at radius 3 is 2.76 bits per heavy atom. The van der Waals surface area contributed by atoms with Crippen LogP contribution in [0.4, 0.5) is 10.1 Å². The SMILES string of the molecule is C/C=C(\C=NCOCC)C1=C(c2ccc(O[C@H]3CCN(CCCF)C3)cc2)Cc2ccc(N)cc2CCC1. The van der Waals surface area contributed by atoms with Crippen molar-refractivity contribution in [2.45, 2.75) is 58.5 Å². The summed E-state index contributed by atoms with van der Waals surface area (Å²) in [6, 6.07) is 14.9. The molecule has 1 aliphatic heterocycles. The van der Waals surface area contributed by atoms with E-state index in [-0.39, 0.29) is 12.8 Å². The molecule has 1 saturated heterocycles. The van der Waals surface area contributed by atoms with Crippen molar-refractivity contribution in [1.29, 1.82) is 0 Å². The maximum atomic E-state index is 12.5. The molecule has 0 aromatic heterocycles. The van der Waals surface area contributed by atoms with E-state index in [2.05, 4.69) is 59.3 Å². The molecule has 0 radical (unpaired) electrons. The Labute approximate surface area is 227 Å². The van der Waals surface area contributed by atoms with E-state index >= 15 is 0 Å². The summed E-state index contributed by atoms with van der Waals surface area (Å²) in [4.78, 5) is 6.82. The minimum atomic E-state index is -0.257. The molecule has 2 aromatic carbocycles. The number of anilines is 1. The minimum absolute atomic E-state index is 0.158. The maximum absolute atomic E-state index is 12.5. The van der Waals surface area contributed by atoms with Crippen molar-refractivity contribution in [2.24, 2.45) is 4.99 Å². The van der Waals surface area contributed by atoms with Crippen molar-refractivity contribution in [3.63, 3.8) is 0 Å². The standard InChI is InChI=1S/C32H42FN3O2/c1-3-24(21-35-23-37-4-2)31-8-5-7-26-19-28(34)12-9-27(26)20-32(31)25-10-13-29(14-11-25)38-30-15-18-36(22-30)17-6-16-33/h3,9-14,19,21,30H,4-8,15-18,20,22-23,34H2,1-2H3/b24-3+,32-31?,35-21?/t30-/m0/s1. The van der Waals surface area contributed by atoms with Gasteiger partial charge in [0.1, 0.15) is 18.6 Å². The first-order valence-corrected chi connectivity index (χ1v) is 14.0. The number of nitrogens with two attached hydrogens (primary N) is 1. The molecule has 2 aromatic rings. The summed E-state index contributed by atoms with van der Waals surface area (Å²) in [5.74, 6) is 0.886. The first kappa shape index (κ1) is 28.1. The molecule has 1 fully saturated rings. The molecule has 4 rings (SSSR count). The summed E-state index contributed by atoms with van der Waals surface area (Å²) in [5.41, 5.74) is 14.6. The number of likely N-dealkylation sites (tertiary alicyclic amines) is 1. The lowest BCUT2D eigenvalue weighted by molar-refractivity contribution is 0.156. The molecule has 1 atom stereocenters. The number of alkyl halides is 1. The number of benzene rings is 2. The van der Waals surface area contributed by atoms with E-state index in [0.717, 1.165) is 68.7 Å². The molecule has 0 unspecified atom stereocenters. The normalized spacial score (nSPS) is 19.0. The summed E-state index contributed by atoms with van der Waals surface area (Å²) in [5, 5.41) is 0. The summed E-state index contributed by atoms with van der Waals surface area (Å²) in [6.07, 6.45) is 9.73. The topological polar surface area (TPSA) is 60.1 Å². The number of fused-ring (bicyclic) bond motifs is 1. The van der Waals surface area contributed by atoms with Crippen LogP contribution in [0.2, 0.25) is 0 Å². The van der Waals surface area contributed by atoms with Gasteiger partial charge in [-0.25, -0.2) is 0 Å². The van der Waals surface area contributed by atoms with Gasteiger partial charge in [-0.1, -0.05) is 24.3 Å². The molecule has 0 saturated carbocycles. The van der Waals surface area contributed by atoms with Crippen LogP contribution in [0.15, 0.2) is 64.7 Å². The first-order valence-electron chi connectivity index (χ1n) is 14.0. The van der Waals surface area contributed by atoms with Gasteiger partial charge in [-0.3, -0.25) is 14.3 Å². The van der Waals surface area contributed by atoms with E-state index in [1.165, 1.54) is 27.8 Å². The number of ether oxygens (including phenoxy) is 2. The first-order chi connectivity index (χ1) is 18.6. The van der Waals surface area contributed by atoms with Crippen molar-refractivity contribution in [2.75, 3.05) is 45.4 Å². The minimum Gasteiger partial charge on any atom is -0.489 e. The van der Waals surface area contributed by atoms with Crippen molar-refractivity contribution < 1.29 is 13.9 Å². The average Bonchev–Trinajstić information content (AvgIpc) is 3.37.